The standard InChI is InChI=1S/C15H21NO3/c1-11(2)9-10-19-15(18)12(3)16-14(17)13-7-5-4-6-8-13/h4-8,11-12H,9-10H2,1-3H3,(H,16,17)/t12-/m0/s1. The third-order valence-corrected chi connectivity index (χ3v) is 2.68. The number of carbonyl (C=O) groups excluding carboxylic acids is 2. The van der Waals surface area contributed by atoms with Crippen LogP contribution >= 0.6 is 0 Å². The van der Waals surface area contributed by atoms with E-state index in [-0.39, 0.29) is 5.91 Å². The molecule has 0 fully saturated rings. The van der Waals surface area contributed by atoms with Crippen molar-refractivity contribution in [2.45, 2.75) is 33.2 Å². The number of esters is 1. The molecular formula is C15H21NO3. The fourth-order valence-electron chi connectivity index (χ4n) is 1.45. The lowest BCUT2D eigenvalue weighted by atomic mass is 10.1. The van der Waals surface area contributed by atoms with Gasteiger partial charge in [0.15, 0.2) is 0 Å². The zero-order valence-corrected chi connectivity index (χ0v) is 11.7. The monoisotopic (exact) mass is 263 g/mol. The highest BCUT2D eigenvalue weighted by molar-refractivity contribution is 5.96. The SMILES string of the molecule is CC(C)CCOC(=O)[C@H](C)NC(=O)c1ccccc1. The zero-order valence-electron chi connectivity index (χ0n) is 11.7. The minimum absolute atomic E-state index is 0.270. The van der Waals surface area contributed by atoms with Crippen molar-refractivity contribution >= 4 is 11.9 Å². The number of benzene rings is 1. The Bertz CT molecular complexity index is 415. The summed E-state index contributed by atoms with van der Waals surface area (Å²) in [6.45, 7) is 6.14. The van der Waals surface area contributed by atoms with Gasteiger partial charge in [-0.2, -0.15) is 0 Å². The van der Waals surface area contributed by atoms with Gasteiger partial charge in [0.25, 0.3) is 5.91 Å². The van der Waals surface area contributed by atoms with Gasteiger partial charge in [0.2, 0.25) is 0 Å². The van der Waals surface area contributed by atoms with E-state index in [0.717, 1.165) is 6.42 Å². The molecule has 0 saturated carbocycles. The van der Waals surface area contributed by atoms with Crippen molar-refractivity contribution in [3.05, 3.63) is 35.9 Å². The second-order valence-corrected chi connectivity index (χ2v) is 4.91. The van der Waals surface area contributed by atoms with Gasteiger partial charge in [-0.25, -0.2) is 4.79 Å². The van der Waals surface area contributed by atoms with Crippen LogP contribution in [0.2, 0.25) is 0 Å². The third-order valence-electron chi connectivity index (χ3n) is 2.68. The van der Waals surface area contributed by atoms with Gasteiger partial charge in [-0.1, -0.05) is 32.0 Å². The predicted octanol–water partition coefficient (Wildman–Crippen LogP) is 2.39. The number of carbonyl (C=O) groups is 2. The van der Waals surface area contributed by atoms with Crippen molar-refractivity contribution in [2.75, 3.05) is 6.61 Å². The quantitative estimate of drug-likeness (QED) is 0.802. The number of rotatable bonds is 6. The molecule has 0 unspecified atom stereocenters. The molecule has 0 radical (unpaired) electrons. The molecule has 0 bridgehead atoms. The Labute approximate surface area is 114 Å². The summed E-state index contributed by atoms with van der Waals surface area (Å²) >= 11 is 0. The fourth-order valence-corrected chi connectivity index (χ4v) is 1.45. The van der Waals surface area contributed by atoms with Crippen LogP contribution in [0.4, 0.5) is 0 Å². The average molecular weight is 263 g/mol. The molecule has 0 aliphatic heterocycles. The molecule has 1 aromatic rings. The summed E-state index contributed by atoms with van der Waals surface area (Å²) in [4.78, 5) is 23.5. The van der Waals surface area contributed by atoms with Crippen LogP contribution in [-0.4, -0.2) is 24.5 Å². The van der Waals surface area contributed by atoms with Gasteiger partial charge in [0.05, 0.1) is 6.61 Å². The molecule has 4 heteroatoms. The van der Waals surface area contributed by atoms with E-state index in [1.54, 1.807) is 31.2 Å². The van der Waals surface area contributed by atoms with Gasteiger partial charge >= 0.3 is 5.97 Å². The van der Waals surface area contributed by atoms with Crippen molar-refractivity contribution < 1.29 is 14.3 Å². The molecule has 0 aromatic heterocycles. The van der Waals surface area contributed by atoms with Crippen LogP contribution < -0.4 is 5.32 Å². The number of hydrogen-bond acceptors (Lipinski definition) is 3. The summed E-state index contributed by atoms with van der Waals surface area (Å²) < 4.78 is 5.10. The Balaban J connectivity index is 2.40. The Morgan fingerprint density at radius 1 is 1.16 bits per heavy atom. The average Bonchev–Trinajstić information content (AvgIpc) is 2.39. The Morgan fingerprint density at radius 2 is 1.79 bits per heavy atom. The second-order valence-electron chi connectivity index (χ2n) is 4.91. The first kappa shape index (κ1) is 15.2. The smallest absolute Gasteiger partial charge is 0.328 e. The summed E-state index contributed by atoms with van der Waals surface area (Å²) in [5.41, 5.74) is 0.532. The van der Waals surface area contributed by atoms with Gasteiger partial charge in [0, 0.05) is 5.56 Å². The Kier molecular flexibility index (Phi) is 6.06. The first-order valence-corrected chi connectivity index (χ1v) is 6.53. The fraction of sp³-hybridized carbons (Fsp3) is 0.467. The van der Waals surface area contributed by atoms with Gasteiger partial charge in [-0.15, -0.1) is 0 Å². The zero-order chi connectivity index (χ0) is 14.3. The maximum absolute atomic E-state index is 11.8. The largest absolute Gasteiger partial charge is 0.464 e. The lowest BCUT2D eigenvalue weighted by molar-refractivity contribution is -0.145. The van der Waals surface area contributed by atoms with Crippen LogP contribution in [-0.2, 0) is 9.53 Å². The van der Waals surface area contributed by atoms with Gasteiger partial charge in [-0.05, 0) is 31.4 Å². The topological polar surface area (TPSA) is 55.4 Å². The summed E-state index contributed by atoms with van der Waals surface area (Å²) in [5.74, 6) is -0.180. The third kappa shape index (κ3) is 5.55. The summed E-state index contributed by atoms with van der Waals surface area (Å²) in [7, 11) is 0. The first-order valence-electron chi connectivity index (χ1n) is 6.53. The van der Waals surface area contributed by atoms with E-state index in [2.05, 4.69) is 19.2 Å². The molecule has 1 atom stereocenters. The number of nitrogens with one attached hydrogen (secondary N) is 1. The van der Waals surface area contributed by atoms with Crippen LogP contribution in [0.5, 0.6) is 0 Å². The van der Waals surface area contributed by atoms with E-state index < -0.39 is 12.0 Å². The summed E-state index contributed by atoms with van der Waals surface area (Å²) in [5, 5.41) is 2.62. The molecule has 1 aromatic carbocycles. The van der Waals surface area contributed by atoms with E-state index in [4.69, 9.17) is 4.74 Å². The van der Waals surface area contributed by atoms with E-state index in [0.29, 0.717) is 18.1 Å². The minimum Gasteiger partial charge on any atom is -0.464 e. The van der Waals surface area contributed by atoms with Gasteiger partial charge in [-0.3, -0.25) is 4.79 Å². The maximum Gasteiger partial charge on any atom is 0.328 e. The van der Waals surface area contributed by atoms with Crippen LogP contribution in [0.3, 0.4) is 0 Å². The van der Waals surface area contributed by atoms with Crippen LogP contribution in [0.25, 0.3) is 0 Å². The van der Waals surface area contributed by atoms with E-state index in [1.807, 2.05) is 6.07 Å². The van der Waals surface area contributed by atoms with Crippen molar-refractivity contribution in [3.8, 4) is 0 Å². The van der Waals surface area contributed by atoms with E-state index >= 15 is 0 Å². The van der Waals surface area contributed by atoms with Gasteiger partial charge < -0.3 is 10.1 Å². The molecule has 4 nitrogen and oxygen atoms in total. The molecule has 104 valence electrons. The molecule has 1 rings (SSSR count). The van der Waals surface area contributed by atoms with Crippen molar-refractivity contribution in [1.82, 2.24) is 5.32 Å². The van der Waals surface area contributed by atoms with Crippen molar-refractivity contribution in [3.63, 3.8) is 0 Å². The highest BCUT2D eigenvalue weighted by atomic mass is 16.5. The van der Waals surface area contributed by atoms with Crippen LogP contribution in [0.15, 0.2) is 30.3 Å². The molecule has 0 aliphatic rings. The molecule has 1 N–H and O–H groups in total. The predicted molar refractivity (Wildman–Crippen MR) is 73.8 cm³/mol. The normalized spacial score (nSPS) is 12.0. The second kappa shape index (κ2) is 7.56. The van der Waals surface area contributed by atoms with Crippen LogP contribution in [0, 0.1) is 5.92 Å². The molecule has 0 aliphatic carbocycles. The molecule has 0 spiro atoms. The summed E-state index contributed by atoms with van der Waals surface area (Å²) in [6, 6.07) is 8.15. The maximum atomic E-state index is 11.8. The van der Waals surface area contributed by atoms with Crippen LogP contribution in [0.1, 0.15) is 37.6 Å². The minimum atomic E-state index is -0.639. The first-order chi connectivity index (χ1) is 9.00. The van der Waals surface area contributed by atoms with Crippen molar-refractivity contribution in [1.29, 1.82) is 0 Å². The van der Waals surface area contributed by atoms with Gasteiger partial charge in [0.1, 0.15) is 6.04 Å². The van der Waals surface area contributed by atoms with Crippen molar-refractivity contribution in [2.24, 2.45) is 5.92 Å². The lowest BCUT2D eigenvalue weighted by Crippen LogP contribution is -2.39. The molecule has 1 amide bonds. The highest BCUT2D eigenvalue weighted by Gasteiger charge is 2.17. The summed E-state index contributed by atoms with van der Waals surface area (Å²) in [6.07, 6.45) is 0.824. The Morgan fingerprint density at radius 3 is 2.37 bits per heavy atom. The molecule has 19 heavy (non-hydrogen) atoms. The number of amides is 1. The number of ether oxygens (including phenoxy) is 1. The lowest BCUT2D eigenvalue weighted by Gasteiger charge is -2.14. The van der Waals surface area contributed by atoms with E-state index in [9.17, 15) is 9.59 Å². The molecule has 0 saturated heterocycles. The van der Waals surface area contributed by atoms with E-state index in [1.165, 1.54) is 0 Å². The highest BCUT2D eigenvalue weighted by Crippen LogP contribution is 2.02. The number of hydrogen-bond donors (Lipinski definition) is 1. The molecular weight excluding hydrogens is 242 g/mol. The molecule has 0 heterocycles. The Hall–Kier alpha value is -1.84.